The largest absolute Gasteiger partial charge is 0.377 e. The van der Waals surface area contributed by atoms with E-state index < -0.39 is 0 Å². The summed E-state index contributed by atoms with van der Waals surface area (Å²) in [6.07, 6.45) is 6.67. The maximum Gasteiger partial charge on any atom is 0.0702 e. The van der Waals surface area contributed by atoms with Crippen LogP contribution in [-0.2, 0) is 4.74 Å². The van der Waals surface area contributed by atoms with Crippen LogP contribution < -0.4 is 0 Å². The monoisotopic (exact) mass is 233 g/mol. The predicted molar refractivity (Wildman–Crippen MR) is 65.7 cm³/mol. The first kappa shape index (κ1) is 13.3. The Hall–Kier alpha value is 0.210. The molecule has 0 spiro atoms. The number of likely N-dealkylation sites (N-methyl/N-ethyl adjacent to an activating group) is 1. The van der Waals surface area contributed by atoms with Crippen molar-refractivity contribution in [2.75, 3.05) is 32.1 Å². The molecule has 15 heavy (non-hydrogen) atoms. The summed E-state index contributed by atoms with van der Waals surface area (Å²) in [6, 6.07) is 0. The van der Waals surface area contributed by atoms with Crippen LogP contribution >= 0.6 is 11.6 Å². The maximum absolute atomic E-state index is 5.65. The third-order valence-electron chi connectivity index (χ3n) is 3.04. The average molecular weight is 234 g/mol. The van der Waals surface area contributed by atoms with Gasteiger partial charge >= 0.3 is 0 Å². The summed E-state index contributed by atoms with van der Waals surface area (Å²) in [5.74, 6) is 0.803. The van der Waals surface area contributed by atoms with Crippen molar-refractivity contribution in [1.82, 2.24) is 4.90 Å². The van der Waals surface area contributed by atoms with E-state index in [4.69, 9.17) is 16.3 Å². The molecule has 0 bridgehead atoms. The highest BCUT2D eigenvalue weighted by molar-refractivity contribution is 6.17. The smallest absolute Gasteiger partial charge is 0.0702 e. The second-order valence-corrected chi connectivity index (χ2v) is 4.66. The molecule has 2 nitrogen and oxygen atoms in total. The number of alkyl halides is 1. The molecule has 0 aromatic carbocycles. The van der Waals surface area contributed by atoms with Gasteiger partial charge in [0.1, 0.15) is 0 Å². The summed E-state index contributed by atoms with van der Waals surface area (Å²) >= 11 is 5.65. The van der Waals surface area contributed by atoms with Gasteiger partial charge in [0.15, 0.2) is 0 Å². The summed E-state index contributed by atoms with van der Waals surface area (Å²) in [6.45, 7) is 6.66. The van der Waals surface area contributed by atoms with Crippen LogP contribution in [0.15, 0.2) is 0 Å². The van der Waals surface area contributed by atoms with Crippen LogP contribution in [0.3, 0.4) is 0 Å². The first-order valence-corrected chi connectivity index (χ1v) is 6.80. The molecule has 0 amide bonds. The molecule has 1 heterocycles. The molecule has 0 aliphatic carbocycles. The number of rotatable bonds is 8. The van der Waals surface area contributed by atoms with E-state index >= 15 is 0 Å². The van der Waals surface area contributed by atoms with Crippen molar-refractivity contribution in [1.29, 1.82) is 0 Å². The van der Waals surface area contributed by atoms with Gasteiger partial charge < -0.3 is 9.64 Å². The van der Waals surface area contributed by atoms with E-state index in [-0.39, 0.29) is 0 Å². The molecular weight excluding hydrogens is 210 g/mol. The molecule has 1 rings (SSSR count). The Morgan fingerprint density at radius 2 is 2.20 bits per heavy atom. The van der Waals surface area contributed by atoms with Crippen molar-refractivity contribution in [3.05, 3.63) is 0 Å². The number of hydrogen-bond acceptors (Lipinski definition) is 2. The minimum absolute atomic E-state index is 0.498. The molecule has 0 radical (unpaired) electrons. The summed E-state index contributed by atoms with van der Waals surface area (Å²) in [5.41, 5.74) is 0. The number of nitrogens with zero attached hydrogens (tertiary/aromatic N) is 1. The highest BCUT2D eigenvalue weighted by Crippen LogP contribution is 2.13. The summed E-state index contributed by atoms with van der Waals surface area (Å²) in [5, 5.41) is 0. The number of unbranched alkanes of at least 4 members (excludes halogenated alkanes) is 2. The Balaban J connectivity index is 2.06. The zero-order chi connectivity index (χ0) is 10.9. The molecule has 0 aromatic heterocycles. The Kier molecular flexibility index (Phi) is 7.41. The van der Waals surface area contributed by atoms with Gasteiger partial charge in [0.25, 0.3) is 0 Å². The highest BCUT2D eigenvalue weighted by atomic mass is 35.5. The number of hydrogen-bond donors (Lipinski definition) is 0. The van der Waals surface area contributed by atoms with Gasteiger partial charge in [-0.25, -0.2) is 0 Å². The van der Waals surface area contributed by atoms with E-state index in [0.29, 0.717) is 6.10 Å². The Bertz CT molecular complexity index is 149. The molecule has 0 saturated carbocycles. The van der Waals surface area contributed by atoms with E-state index in [1.165, 1.54) is 32.2 Å². The average Bonchev–Trinajstić information content (AvgIpc) is 2.75. The van der Waals surface area contributed by atoms with Gasteiger partial charge in [0, 0.05) is 19.0 Å². The van der Waals surface area contributed by atoms with E-state index in [1.807, 2.05) is 0 Å². The summed E-state index contributed by atoms with van der Waals surface area (Å²) in [4.78, 5) is 2.50. The normalized spacial score (nSPS) is 21.4. The zero-order valence-corrected chi connectivity index (χ0v) is 10.6. The zero-order valence-electron chi connectivity index (χ0n) is 9.88. The fraction of sp³-hybridized carbons (Fsp3) is 1.00. The lowest BCUT2D eigenvalue weighted by Gasteiger charge is -2.23. The van der Waals surface area contributed by atoms with Crippen molar-refractivity contribution in [3.63, 3.8) is 0 Å². The molecule has 1 aliphatic heterocycles. The summed E-state index contributed by atoms with van der Waals surface area (Å²) < 4.78 is 5.65. The van der Waals surface area contributed by atoms with Gasteiger partial charge in [0.05, 0.1) is 6.10 Å². The number of ether oxygens (including phenoxy) is 1. The lowest BCUT2D eigenvalue weighted by Crippen LogP contribution is -2.32. The second kappa shape index (κ2) is 8.37. The molecule has 1 aliphatic rings. The molecule has 1 fully saturated rings. The molecule has 1 unspecified atom stereocenters. The van der Waals surface area contributed by atoms with Crippen molar-refractivity contribution in [2.45, 2.75) is 45.1 Å². The molecule has 1 saturated heterocycles. The van der Waals surface area contributed by atoms with Crippen LogP contribution in [0.25, 0.3) is 0 Å². The predicted octanol–water partition coefficient (Wildman–Crippen LogP) is 2.90. The lowest BCUT2D eigenvalue weighted by atomic mass is 10.2. The Morgan fingerprint density at radius 1 is 1.33 bits per heavy atom. The topological polar surface area (TPSA) is 12.5 Å². The SMILES string of the molecule is CCN(CCCCCCl)CC1CCCO1. The van der Waals surface area contributed by atoms with E-state index in [9.17, 15) is 0 Å². The molecule has 0 aromatic rings. The molecule has 90 valence electrons. The summed E-state index contributed by atoms with van der Waals surface area (Å²) in [7, 11) is 0. The lowest BCUT2D eigenvalue weighted by molar-refractivity contribution is 0.0743. The second-order valence-electron chi connectivity index (χ2n) is 4.28. The van der Waals surface area contributed by atoms with Gasteiger partial charge in [-0.2, -0.15) is 0 Å². The standard InChI is InChI=1S/C12H24ClNO/c1-2-14(9-5-3-4-8-13)11-12-7-6-10-15-12/h12H,2-11H2,1H3. The van der Waals surface area contributed by atoms with Crippen LogP contribution in [0.5, 0.6) is 0 Å². The molecular formula is C12H24ClNO. The highest BCUT2D eigenvalue weighted by Gasteiger charge is 2.17. The third kappa shape index (κ3) is 5.74. The fourth-order valence-electron chi connectivity index (χ4n) is 2.06. The maximum atomic E-state index is 5.65. The van der Waals surface area contributed by atoms with Crippen molar-refractivity contribution >= 4 is 11.6 Å². The first-order valence-electron chi connectivity index (χ1n) is 6.26. The van der Waals surface area contributed by atoms with Crippen LogP contribution in [0.1, 0.15) is 39.0 Å². The Labute approximate surface area is 98.9 Å². The van der Waals surface area contributed by atoms with E-state index in [0.717, 1.165) is 32.0 Å². The van der Waals surface area contributed by atoms with Crippen LogP contribution in [0.2, 0.25) is 0 Å². The van der Waals surface area contributed by atoms with E-state index in [2.05, 4.69) is 11.8 Å². The van der Waals surface area contributed by atoms with Crippen LogP contribution in [0, 0.1) is 0 Å². The molecule has 0 N–H and O–H groups in total. The van der Waals surface area contributed by atoms with Gasteiger partial charge in [0.2, 0.25) is 0 Å². The van der Waals surface area contributed by atoms with Crippen molar-refractivity contribution in [3.8, 4) is 0 Å². The molecule has 3 heteroatoms. The van der Waals surface area contributed by atoms with Crippen LogP contribution in [0.4, 0.5) is 0 Å². The minimum atomic E-state index is 0.498. The van der Waals surface area contributed by atoms with Crippen molar-refractivity contribution in [2.24, 2.45) is 0 Å². The van der Waals surface area contributed by atoms with Gasteiger partial charge in [-0.05, 0) is 38.8 Å². The Morgan fingerprint density at radius 3 is 2.80 bits per heavy atom. The number of halogens is 1. The van der Waals surface area contributed by atoms with E-state index in [1.54, 1.807) is 0 Å². The minimum Gasteiger partial charge on any atom is -0.377 e. The fourth-order valence-corrected chi connectivity index (χ4v) is 2.25. The quantitative estimate of drug-likeness (QED) is 0.472. The van der Waals surface area contributed by atoms with Crippen molar-refractivity contribution < 1.29 is 4.74 Å². The molecule has 1 atom stereocenters. The van der Waals surface area contributed by atoms with Gasteiger partial charge in [-0.1, -0.05) is 13.3 Å². The third-order valence-corrected chi connectivity index (χ3v) is 3.31. The van der Waals surface area contributed by atoms with Gasteiger partial charge in [-0.15, -0.1) is 11.6 Å². The first-order chi connectivity index (χ1) is 7.36. The van der Waals surface area contributed by atoms with Gasteiger partial charge in [-0.3, -0.25) is 0 Å². The van der Waals surface area contributed by atoms with Crippen LogP contribution in [-0.4, -0.2) is 43.1 Å².